The van der Waals surface area contributed by atoms with Crippen LogP contribution in [0.5, 0.6) is 5.75 Å². The lowest BCUT2D eigenvalue weighted by Crippen LogP contribution is -2.39. The topological polar surface area (TPSA) is 161 Å². The summed E-state index contributed by atoms with van der Waals surface area (Å²) in [5, 5.41) is 11.8. The van der Waals surface area contributed by atoms with Gasteiger partial charge in [-0.2, -0.15) is 5.10 Å². The largest absolute Gasteiger partial charge is 0.490 e. The number of amides is 3. The molecule has 1 saturated carbocycles. The molecule has 2 saturated heterocycles. The van der Waals surface area contributed by atoms with Crippen LogP contribution in [0.4, 0.5) is 10.9 Å². The van der Waals surface area contributed by atoms with Crippen LogP contribution >= 0.6 is 11.3 Å². The van der Waals surface area contributed by atoms with Gasteiger partial charge in [-0.05, 0) is 181 Å². The Balaban J connectivity index is 0.706. The van der Waals surface area contributed by atoms with Crippen LogP contribution in [0.1, 0.15) is 139 Å². The summed E-state index contributed by atoms with van der Waals surface area (Å²) in [6, 6.07) is 30.3. The maximum atomic E-state index is 14.1. The second-order valence-corrected chi connectivity index (χ2v) is 23.1. The number of carbonyl (C=O) groups is 4. The Bertz CT molecular complexity index is 3300. The smallest absolute Gasteiger partial charge is 0.358 e. The number of imide groups is 1. The van der Waals surface area contributed by atoms with Gasteiger partial charge in [-0.3, -0.25) is 29.7 Å². The molecule has 0 radical (unpaired) electrons. The number of rotatable bonds is 13. The molecule has 75 heavy (non-hydrogen) atoms. The molecule has 3 fully saturated rings. The molecule has 3 aromatic heterocycles. The second kappa shape index (κ2) is 21.0. The Morgan fingerprint density at radius 1 is 0.867 bits per heavy atom. The first kappa shape index (κ1) is 50.2. The maximum Gasteiger partial charge on any atom is 0.358 e. The van der Waals surface area contributed by atoms with Gasteiger partial charge >= 0.3 is 5.97 Å². The van der Waals surface area contributed by atoms with Crippen molar-refractivity contribution in [3.8, 4) is 16.9 Å². The van der Waals surface area contributed by atoms with Crippen molar-refractivity contribution in [2.45, 2.75) is 122 Å². The standard InChI is InChI=1S/C60H66N8O6S/c1-36-42(43-24-26-52(62-55(43)58(72)74-60(2,3)4)68-32-29-38-12-8-14-44(47(38)35-68)56(70)64-59-61-48-15-6-7-17-51(48)75-59)13-9-16-50(36)73-41-21-18-37(19-22-41)11-10-30-67-31-28-40(34-67)39-20-23-45-49(33-39)66(5)65-54(45)46-25-27-53(69)63-57(46)71/h6-9,12-17,20,23-24,26,33,37,40-41,46H,10-11,18-19,21-22,25,27-32,34-35H2,1-5H3,(H,61,64,70)(H,63,69,71)/t37?,40-,41?,46?/m1/s1. The number of hydrogen-bond acceptors (Lipinski definition) is 12. The first-order chi connectivity index (χ1) is 36.2. The normalized spacial score (nSPS) is 20.3. The second-order valence-electron chi connectivity index (χ2n) is 22.0. The lowest BCUT2D eigenvalue weighted by molar-refractivity contribution is -0.134. The Kier molecular flexibility index (Phi) is 14.0. The van der Waals surface area contributed by atoms with Crippen molar-refractivity contribution < 1.29 is 28.7 Å². The molecule has 0 bridgehead atoms. The fourth-order valence-electron chi connectivity index (χ4n) is 11.8. The number of nitrogens with one attached hydrogen (secondary N) is 2. The molecular formula is C60H66N8O6S. The van der Waals surface area contributed by atoms with E-state index in [1.807, 2.05) is 99.2 Å². The number of esters is 1. The summed E-state index contributed by atoms with van der Waals surface area (Å²) < 4.78 is 15.7. The molecule has 2 N–H and O–H groups in total. The molecule has 3 aliphatic heterocycles. The number of aryl methyl sites for hydroxylation is 1. The van der Waals surface area contributed by atoms with Crippen LogP contribution in [0.15, 0.2) is 91.0 Å². The lowest BCUT2D eigenvalue weighted by atomic mass is 9.84. The number of para-hydroxylation sites is 1. The van der Waals surface area contributed by atoms with Crippen LogP contribution in [0.25, 0.3) is 32.2 Å². The summed E-state index contributed by atoms with van der Waals surface area (Å²) in [6.07, 6.45) is 9.49. The molecule has 3 amide bonds. The zero-order valence-corrected chi connectivity index (χ0v) is 44.4. The number of anilines is 2. The molecule has 7 aromatic rings. The van der Waals surface area contributed by atoms with E-state index in [9.17, 15) is 19.2 Å². The number of likely N-dealkylation sites (tertiary alicyclic amines) is 1. The van der Waals surface area contributed by atoms with Gasteiger partial charge < -0.3 is 19.3 Å². The molecule has 4 aliphatic rings. The van der Waals surface area contributed by atoms with Crippen LogP contribution in [0, 0.1) is 12.8 Å². The SMILES string of the molecule is Cc1c(OC2CCC(CCCN3CC[C@@H](c4ccc5c(C6CCC(=O)NC6=O)nn(C)c5c4)C3)CC2)cccc1-c1ccc(N2CCc3cccc(C(=O)Nc4nc5ccccc5s4)c3C2)nc1C(=O)OC(C)(C)C. The van der Waals surface area contributed by atoms with E-state index in [-0.39, 0.29) is 29.5 Å². The fraction of sp³-hybridized carbons (Fsp3) is 0.417. The predicted molar refractivity (Wildman–Crippen MR) is 294 cm³/mol. The van der Waals surface area contributed by atoms with E-state index in [1.165, 1.54) is 29.7 Å². The number of piperidine rings is 1. The van der Waals surface area contributed by atoms with Crippen LogP contribution < -0.4 is 20.3 Å². The molecule has 11 rings (SSSR count). The zero-order chi connectivity index (χ0) is 52.0. The summed E-state index contributed by atoms with van der Waals surface area (Å²) >= 11 is 1.45. The Hall–Kier alpha value is -6.97. The molecule has 2 atom stereocenters. The van der Waals surface area contributed by atoms with Gasteiger partial charge in [0.1, 0.15) is 17.2 Å². The minimum absolute atomic E-state index is 0.118. The van der Waals surface area contributed by atoms with Gasteiger partial charge in [0.05, 0.1) is 33.4 Å². The quantitative estimate of drug-likeness (QED) is 0.0835. The van der Waals surface area contributed by atoms with Crippen molar-refractivity contribution >= 4 is 67.1 Å². The van der Waals surface area contributed by atoms with Gasteiger partial charge in [0.25, 0.3) is 5.91 Å². The number of nitrogens with zero attached hydrogens (tertiary/aromatic N) is 6. The average molecular weight is 1030 g/mol. The lowest BCUT2D eigenvalue weighted by Gasteiger charge is -2.31. The van der Waals surface area contributed by atoms with Crippen molar-refractivity contribution in [1.29, 1.82) is 0 Å². The van der Waals surface area contributed by atoms with E-state index >= 15 is 0 Å². The molecule has 1 unspecified atom stereocenters. The molecule has 15 heteroatoms. The van der Waals surface area contributed by atoms with Crippen molar-refractivity contribution in [1.82, 2.24) is 30.0 Å². The first-order valence-electron chi connectivity index (χ1n) is 26.8. The van der Waals surface area contributed by atoms with Crippen LogP contribution in [0.2, 0.25) is 0 Å². The average Bonchev–Trinajstić information content (AvgIpc) is 4.14. The third kappa shape index (κ3) is 10.8. The Morgan fingerprint density at radius 2 is 1.69 bits per heavy atom. The summed E-state index contributed by atoms with van der Waals surface area (Å²) in [4.78, 5) is 66.8. The fourth-order valence-corrected chi connectivity index (χ4v) is 12.7. The molecule has 14 nitrogen and oxygen atoms in total. The van der Waals surface area contributed by atoms with Crippen molar-refractivity contribution in [2.24, 2.45) is 13.0 Å². The maximum absolute atomic E-state index is 14.1. The van der Waals surface area contributed by atoms with Crippen LogP contribution in [0.3, 0.4) is 0 Å². The minimum atomic E-state index is -0.732. The van der Waals surface area contributed by atoms with Crippen molar-refractivity contribution in [2.75, 3.05) is 36.4 Å². The van der Waals surface area contributed by atoms with Crippen molar-refractivity contribution in [3.63, 3.8) is 0 Å². The highest BCUT2D eigenvalue weighted by Gasteiger charge is 2.33. The van der Waals surface area contributed by atoms with Gasteiger partial charge in [-0.1, -0.05) is 59.9 Å². The van der Waals surface area contributed by atoms with Crippen LogP contribution in [-0.4, -0.2) is 86.2 Å². The first-order valence-corrected chi connectivity index (χ1v) is 27.6. The van der Waals surface area contributed by atoms with E-state index < -0.39 is 17.5 Å². The van der Waals surface area contributed by atoms with Gasteiger partial charge in [-0.25, -0.2) is 14.8 Å². The molecule has 388 valence electrons. The number of thiazole rings is 1. The number of fused-ring (bicyclic) bond motifs is 3. The highest BCUT2D eigenvalue weighted by molar-refractivity contribution is 7.22. The van der Waals surface area contributed by atoms with Crippen LogP contribution in [-0.2, 0) is 34.3 Å². The number of hydrogen-bond donors (Lipinski definition) is 2. The van der Waals surface area contributed by atoms with E-state index in [0.717, 1.165) is 107 Å². The minimum Gasteiger partial charge on any atom is -0.490 e. The number of aromatic nitrogens is 4. The Morgan fingerprint density at radius 3 is 2.51 bits per heavy atom. The van der Waals surface area contributed by atoms with E-state index in [2.05, 4.69) is 56.6 Å². The molecule has 6 heterocycles. The van der Waals surface area contributed by atoms with Gasteiger partial charge in [-0.15, -0.1) is 0 Å². The monoisotopic (exact) mass is 1030 g/mol. The van der Waals surface area contributed by atoms with Gasteiger partial charge in [0.2, 0.25) is 11.8 Å². The number of carbonyl (C=O) groups excluding carboxylic acids is 4. The van der Waals surface area contributed by atoms with E-state index in [4.69, 9.17) is 19.6 Å². The van der Waals surface area contributed by atoms with Crippen molar-refractivity contribution in [3.05, 3.63) is 130 Å². The Labute approximate surface area is 442 Å². The highest BCUT2D eigenvalue weighted by atomic mass is 32.1. The zero-order valence-electron chi connectivity index (χ0n) is 43.6. The third-order valence-electron chi connectivity index (χ3n) is 15.8. The highest BCUT2D eigenvalue weighted by Crippen LogP contribution is 2.39. The van der Waals surface area contributed by atoms with Gasteiger partial charge in [0.15, 0.2) is 10.8 Å². The predicted octanol–water partition coefficient (Wildman–Crippen LogP) is 11.1. The summed E-state index contributed by atoms with van der Waals surface area (Å²) in [5.41, 5.74) is 8.63. The third-order valence-corrected chi connectivity index (χ3v) is 16.7. The summed E-state index contributed by atoms with van der Waals surface area (Å²) in [7, 11) is 1.94. The summed E-state index contributed by atoms with van der Waals surface area (Å²) in [5.74, 6) is 1.05. The summed E-state index contributed by atoms with van der Waals surface area (Å²) in [6.45, 7) is 12.0. The number of ether oxygens (including phenoxy) is 2. The number of pyridine rings is 1. The molecule has 0 spiro atoms. The molecule has 1 aliphatic carbocycles. The number of benzene rings is 4. The molecular weight excluding hydrogens is 961 g/mol. The van der Waals surface area contributed by atoms with Gasteiger partial charge in [0, 0.05) is 49.6 Å². The molecule has 4 aromatic carbocycles. The van der Waals surface area contributed by atoms with E-state index in [1.54, 1.807) is 0 Å². The van der Waals surface area contributed by atoms with E-state index in [0.29, 0.717) is 66.3 Å².